The summed E-state index contributed by atoms with van der Waals surface area (Å²) >= 11 is 4.44. The van der Waals surface area contributed by atoms with Crippen LogP contribution in [0, 0.1) is 0 Å². The first kappa shape index (κ1) is 14.7. The summed E-state index contributed by atoms with van der Waals surface area (Å²) in [5, 5.41) is 1.81. The molecule has 1 fully saturated rings. The van der Waals surface area contributed by atoms with E-state index in [2.05, 4.69) is 6.92 Å². The molecule has 0 bridgehead atoms. The zero-order valence-electron chi connectivity index (χ0n) is 10.6. The second-order valence-electron chi connectivity index (χ2n) is 3.90. The minimum atomic E-state index is -0.148. The Balaban J connectivity index is 1.96. The van der Waals surface area contributed by atoms with Gasteiger partial charge in [-0.25, -0.2) is 0 Å². The average molecular weight is 313 g/mol. The first-order chi connectivity index (χ1) is 9.22. The molecule has 1 saturated heterocycles. The van der Waals surface area contributed by atoms with Crippen LogP contribution in [0.1, 0.15) is 18.2 Å². The van der Waals surface area contributed by atoms with Crippen molar-refractivity contribution in [2.24, 2.45) is 0 Å². The van der Waals surface area contributed by atoms with Crippen molar-refractivity contribution in [3.63, 3.8) is 0 Å². The summed E-state index contributed by atoms with van der Waals surface area (Å²) in [5.41, 5.74) is 0. The number of carbonyl (C=O) groups is 2. The molecule has 102 valence electrons. The van der Waals surface area contributed by atoms with Crippen molar-refractivity contribution in [1.29, 1.82) is 0 Å². The number of thiophene rings is 1. The molecule has 0 atom stereocenters. The fraction of sp³-hybridized carbons (Fsp3) is 0.385. The highest BCUT2D eigenvalue weighted by Crippen LogP contribution is 2.33. The number of imide groups is 1. The van der Waals surface area contributed by atoms with E-state index in [4.69, 9.17) is 0 Å². The maximum atomic E-state index is 12.1. The Hall–Kier alpha value is -0.720. The minimum absolute atomic E-state index is 0.144. The molecule has 0 spiro atoms. The number of hydrogen-bond acceptors (Lipinski definition) is 5. The van der Waals surface area contributed by atoms with Crippen molar-refractivity contribution in [1.82, 2.24) is 4.90 Å². The van der Waals surface area contributed by atoms with Crippen molar-refractivity contribution in [2.45, 2.75) is 13.3 Å². The van der Waals surface area contributed by atoms with E-state index in [9.17, 15) is 9.59 Å². The molecular formula is C13H15NO2S3. The molecule has 2 rings (SSSR count). The monoisotopic (exact) mass is 313 g/mol. The van der Waals surface area contributed by atoms with Gasteiger partial charge in [-0.3, -0.25) is 14.5 Å². The SMILES string of the molecule is CCSCCCN1C(=O)S/C(=C\c2cccs2)C1=O. The van der Waals surface area contributed by atoms with Gasteiger partial charge in [0.2, 0.25) is 0 Å². The van der Waals surface area contributed by atoms with Gasteiger partial charge in [-0.1, -0.05) is 13.0 Å². The van der Waals surface area contributed by atoms with Gasteiger partial charge < -0.3 is 0 Å². The molecule has 0 radical (unpaired) electrons. The standard InChI is InChI=1S/C13H15NO2S3/c1-2-17-7-4-6-14-12(15)11(19-13(14)16)9-10-5-3-8-18-10/h3,5,8-9H,2,4,6-7H2,1H3/b11-9-. The van der Waals surface area contributed by atoms with Crippen molar-refractivity contribution < 1.29 is 9.59 Å². The Morgan fingerprint density at radius 3 is 2.95 bits per heavy atom. The maximum absolute atomic E-state index is 12.1. The molecule has 0 saturated carbocycles. The summed E-state index contributed by atoms with van der Waals surface area (Å²) in [6.07, 6.45) is 2.67. The molecule has 1 aromatic rings. The summed E-state index contributed by atoms with van der Waals surface area (Å²) in [4.78, 5) is 26.8. The van der Waals surface area contributed by atoms with E-state index in [0.717, 1.165) is 34.6 Å². The van der Waals surface area contributed by atoms with Gasteiger partial charge in [0.05, 0.1) is 4.91 Å². The summed E-state index contributed by atoms with van der Waals surface area (Å²) in [6.45, 7) is 2.63. The normalized spacial score (nSPS) is 17.7. The lowest BCUT2D eigenvalue weighted by Gasteiger charge is -2.11. The van der Waals surface area contributed by atoms with Crippen LogP contribution in [0.4, 0.5) is 4.79 Å². The lowest BCUT2D eigenvalue weighted by atomic mass is 10.3. The van der Waals surface area contributed by atoms with Gasteiger partial charge in [-0.15, -0.1) is 11.3 Å². The van der Waals surface area contributed by atoms with E-state index in [1.54, 1.807) is 17.4 Å². The summed E-state index contributed by atoms with van der Waals surface area (Å²) < 4.78 is 0. The molecule has 0 unspecified atom stereocenters. The third-order valence-corrected chi connectivity index (χ3v) is 5.28. The number of hydrogen-bond donors (Lipinski definition) is 0. The largest absolute Gasteiger partial charge is 0.293 e. The third kappa shape index (κ3) is 3.87. The second kappa shape index (κ2) is 7.17. The van der Waals surface area contributed by atoms with E-state index in [1.165, 1.54) is 4.90 Å². The molecule has 0 aliphatic carbocycles. The maximum Gasteiger partial charge on any atom is 0.293 e. The molecule has 1 aromatic heterocycles. The smallest absolute Gasteiger partial charge is 0.268 e. The van der Waals surface area contributed by atoms with Crippen LogP contribution in [-0.2, 0) is 4.79 Å². The highest BCUT2D eigenvalue weighted by molar-refractivity contribution is 8.18. The molecule has 1 aliphatic rings. The number of carbonyl (C=O) groups excluding carboxylic acids is 2. The number of nitrogens with zero attached hydrogens (tertiary/aromatic N) is 1. The fourth-order valence-electron chi connectivity index (χ4n) is 1.66. The van der Waals surface area contributed by atoms with E-state index in [-0.39, 0.29) is 11.1 Å². The third-order valence-electron chi connectivity index (χ3n) is 2.56. The molecule has 1 aliphatic heterocycles. The molecular weight excluding hydrogens is 298 g/mol. The summed E-state index contributed by atoms with van der Waals surface area (Å²) in [7, 11) is 0. The second-order valence-corrected chi connectivity index (χ2v) is 7.27. The molecule has 0 N–H and O–H groups in total. The van der Waals surface area contributed by atoms with Gasteiger partial charge in [0, 0.05) is 11.4 Å². The van der Waals surface area contributed by atoms with Crippen LogP contribution in [-0.4, -0.2) is 34.1 Å². The van der Waals surface area contributed by atoms with Gasteiger partial charge in [0.15, 0.2) is 0 Å². The Bertz CT molecular complexity index is 482. The quantitative estimate of drug-likeness (QED) is 0.589. The van der Waals surface area contributed by atoms with E-state index in [1.807, 2.05) is 29.3 Å². The van der Waals surface area contributed by atoms with Gasteiger partial charge in [0.1, 0.15) is 0 Å². The Morgan fingerprint density at radius 1 is 1.42 bits per heavy atom. The van der Waals surface area contributed by atoms with Crippen LogP contribution < -0.4 is 0 Å². The predicted molar refractivity (Wildman–Crippen MR) is 84.6 cm³/mol. The Kier molecular flexibility index (Phi) is 5.54. The van der Waals surface area contributed by atoms with E-state index in [0.29, 0.717) is 11.4 Å². The van der Waals surface area contributed by atoms with Crippen molar-refractivity contribution in [3.05, 3.63) is 27.3 Å². The van der Waals surface area contributed by atoms with Crippen LogP contribution in [0.2, 0.25) is 0 Å². The van der Waals surface area contributed by atoms with Gasteiger partial charge >= 0.3 is 0 Å². The predicted octanol–water partition coefficient (Wildman–Crippen LogP) is 3.93. The topological polar surface area (TPSA) is 37.4 Å². The van der Waals surface area contributed by atoms with Crippen LogP contribution in [0.25, 0.3) is 6.08 Å². The highest BCUT2D eigenvalue weighted by atomic mass is 32.2. The highest BCUT2D eigenvalue weighted by Gasteiger charge is 2.34. The summed E-state index contributed by atoms with van der Waals surface area (Å²) in [6, 6.07) is 3.87. The molecule has 6 heteroatoms. The molecule has 0 aromatic carbocycles. The van der Waals surface area contributed by atoms with Crippen LogP contribution in [0.3, 0.4) is 0 Å². The fourth-order valence-corrected chi connectivity index (χ4v) is 3.87. The van der Waals surface area contributed by atoms with Crippen molar-refractivity contribution in [3.8, 4) is 0 Å². The molecule has 3 nitrogen and oxygen atoms in total. The van der Waals surface area contributed by atoms with Crippen LogP contribution >= 0.6 is 34.9 Å². The number of thioether (sulfide) groups is 2. The summed E-state index contributed by atoms with van der Waals surface area (Å²) in [5.74, 6) is 1.91. The number of rotatable bonds is 6. The van der Waals surface area contributed by atoms with E-state index >= 15 is 0 Å². The minimum Gasteiger partial charge on any atom is -0.268 e. The van der Waals surface area contributed by atoms with Gasteiger partial charge in [-0.05, 0) is 47.2 Å². The van der Waals surface area contributed by atoms with Crippen molar-refractivity contribution >= 4 is 52.1 Å². The van der Waals surface area contributed by atoms with E-state index < -0.39 is 0 Å². The van der Waals surface area contributed by atoms with Gasteiger partial charge in [0.25, 0.3) is 11.1 Å². The zero-order chi connectivity index (χ0) is 13.7. The first-order valence-electron chi connectivity index (χ1n) is 6.09. The lowest BCUT2D eigenvalue weighted by molar-refractivity contribution is -0.122. The Morgan fingerprint density at radius 2 is 2.26 bits per heavy atom. The zero-order valence-corrected chi connectivity index (χ0v) is 13.1. The molecule has 19 heavy (non-hydrogen) atoms. The molecule has 2 heterocycles. The first-order valence-corrected chi connectivity index (χ1v) is 8.94. The van der Waals surface area contributed by atoms with Crippen molar-refractivity contribution in [2.75, 3.05) is 18.1 Å². The number of amides is 2. The average Bonchev–Trinajstić information content (AvgIpc) is 2.98. The van der Waals surface area contributed by atoms with Crippen LogP contribution in [0.5, 0.6) is 0 Å². The lowest BCUT2D eigenvalue weighted by Crippen LogP contribution is -2.29. The van der Waals surface area contributed by atoms with Gasteiger partial charge in [-0.2, -0.15) is 11.8 Å². The molecule has 2 amide bonds. The van der Waals surface area contributed by atoms with Crippen LogP contribution in [0.15, 0.2) is 22.4 Å². The Labute approximate surface area is 125 Å².